The Kier molecular flexibility index (Phi) is 5.14. The van der Waals surface area contributed by atoms with Gasteiger partial charge in [0.1, 0.15) is 0 Å². The molecule has 2 heterocycles. The van der Waals surface area contributed by atoms with Gasteiger partial charge in [0.2, 0.25) is 5.91 Å². The third-order valence-electron chi connectivity index (χ3n) is 4.37. The molecule has 3 atom stereocenters. The van der Waals surface area contributed by atoms with E-state index in [2.05, 4.69) is 29.2 Å². The molecule has 114 valence electrons. The Morgan fingerprint density at radius 2 is 2.05 bits per heavy atom. The summed E-state index contributed by atoms with van der Waals surface area (Å²) in [6.45, 7) is 2.29. The zero-order chi connectivity index (χ0) is 14.7. The van der Waals surface area contributed by atoms with E-state index >= 15 is 0 Å². The van der Waals surface area contributed by atoms with E-state index in [0.717, 1.165) is 24.6 Å². The van der Waals surface area contributed by atoms with Crippen LogP contribution in [0.3, 0.4) is 0 Å². The quantitative estimate of drug-likeness (QED) is 0.925. The van der Waals surface area contributed by atoms with Crippen LogP contribution in [0.1, 0.15) is 11.5 Å². The van der Waals surface area contributed by atoms with Crippen molar-refractivity contribution in [2.75, 3.05) is 36.9 Å². The van der Waals surface area contributed by atoms with Crippen molar-refractivity contribution in [3.8, 4) is 0 Å². The summed E-state index contributed by atoms with van der Waals surface area (Å²) in [6, 6.07) is 10.5. The molecule has 1 aromatic carbocycles. The molecule has 0 aliphatic carbocycles. The summed E-state index contributed by atoms with van der Waals surface area (Å²) in [5.41, 5.74) is 7.27. The van der Waals surface area contributed by atoms with Gasteiger partial charge in [-0.1, -0.05) is 30.3 Å². The molecule has 3 rings (SSSR count). The highest BCUT2D eigenvalue weighted by Gasteiger charge is 2.37. The smallest absolute Gasteiger partial charge is 0.236 e. The number of nitrogens with zero attached hydrogens (tertiary/aromatic N) is 1. The van der Waals surface area contributed by atoms with Crippen molar-refractivity contribution in [3.05, 3.63) is 35.9 Å². The number of carbonyl (C=O) groups is 1. The third kappa shape index (κ3) is 3.41. The molecular weight excluding hydrogens is 300 g/mol. The van der Waals surface area contributed by atoms with Gasteiger partial charge in [-0.25, -0.2) is 0 Å². The predicted molar refractivity (Wildman–Crippen MR) is 91.9 cm³/mol. The molecule has 2 aliphatic rings. The Labute approximate surface area is 135 Å². The summed E-state index contributed by atoms with van der Waals surface area (Å²) in [5, 5.41) is 0.150. The van der Waals surface area contributed by atoms with Crippen LogP contribution < -0.4 is 5.73 Å². The molecule has 1 aromatic rings. The van der Waals surface area contributed by atoms with Gasteiger partial charge >= 0.3 is 0 Å². The summed E-state index contributed by atoms with van der Waals surface area (Å²) in [4.78, 5) is 14.7. The highest BCUT2D eigenvalue weighted by Crippen LogP contribution is 2.34. The number of likely N-dealkylation sites (tertiary alicyclic amines) is 1. The first-order valence-corrected chi connectivity index (χ1v) is 9.73. The van der Waals surface area contributed by atoms with E-state index in [1.807, 2.05) is 29.6 Å². The van der Waals surface area contributed by atoms with Crippen molar-refractivity contribution in [3.63, 3.8) is 0 Å². The second kappa shape index (κ2) is 7.07. The van der Waals surface area contributed by atoms with Crippen LogP contribution in [0.2, 0.25) is 0 Å². The molecule has 1 unspecified atom stereocenters. The average Bonchev–Trinajstić information content (AvgIpc) is 3.00. The van der Waals surface area contributed by atoms with Gasteiger partial charge in [-0.2, -0.15) is 11.8 Å². The first-order valence-electron chi connectivity index (χ1n) is 7.52. The van der Waals surface area contributed by atoms with Gasteiger partial charge in [0, 0.05) is 36.3 Å². The van der Waals surface area contributed by atoms with E-state index in [1.54, 1.807) is 0 Å². The van der Waals surface area contributed by atoms with E-state index in [9.17, 15) is 4.79 Å². The van der Waals surface area contributed by atoms with Gasteiger partial charge in [-0.3, -0.25) is 4.79 Å². The molecule has 5 heteroatoms. The van der Waals surface area contributed by atoms with Crippen LogP contribution in [-0.2, 0) is 4.79 Å². The average molecular weight is 322 g/mol. The lowest BCUT2D eigenvalue weighted by molar-refractivity contribution is -0.129. The van der Waals surface area contributed by atoms with Gasteiger partial charge in [-0.15, -0.1) is 11.8 Å². The number of rotatable bonds is 3. The Morgan fingerprint density at radius 1 is 1.24 bits per heavy atom. The summed E-state index contributed by atoms with van der Waals surface area (Å²) in [6.07, 6.45) is 0. The Morgan fingerprint density at radius 3 is 2.71 bits per heavy atom. The minimum absolute atomic E-state index is 0.150. The molecule has 0 saturated carbocycles. The lowest BCUT2D eigenvalue weighted by atomic mass is 9.89. The third-order valence-corrected chi connectivity index (χ3v) is 7.12. The normalized spacial score (nSPS) is 29.6. The van der Waals surface area contributed by atoms with Gasteiger partial charge in [0.15, 0.2) is 0 Å². The summed E-state index contributed by atoms with van der Waals surface area (Å²) in [7, 11) is 0. The fourth-order valence-corrected chi connectivity index (χ4v) is 5.83. The zero-order valence-electron chi connectivity index (χ0n) is 12.1. The first-order chi connectivity index (χ1) is 10.3. The van der Waals surface area contributed by atoms with Gasteiger partial charge in [0.05, 0.1) is 5.25 Å². The van der Waals surface area contributed by atoms with Crippen molar-refractivity contribution in [1.29, 1.82) is 0 Å². The Balaban J connectivity index is 1.70. The number of thioether (sulfide) groups is 2. The summed E-state index contributed by atoms with van der Waals surface area (Å²) in [5.74, 6) is 4.33. The number of hydrogen-bond donors (Lipinski definition) is 1. The summed E-state index contributed by atoms with van der Waals surface area (Å²) < 4.78 is 0. The number of benzene rings is 1. The lowest BCUT2D eigenvalue weighted by Crippen LogP contribution is -2.39. The molecular formula is C16H22N2OS2. The maximum atomic E-state index is 12.7. The van der Waals surface area contributed by atoms with E-state index in [4.69, 9.17) is 5.73 Å². The minimum Gasteiger partial charge on any atom is -0.341 e. The van der Waals surface area contributed by atoms with Crippen molar-refractivity contribution < 1.29 is 4.79 Å². The van der Waals surface area contributed by atoms with Gasteiger partial charge < -0.3 is 10.6 Å². The fraction of sp³-hybridized carbons (Fsp3) is 0.562. The molecule has 0 aromatic heterocycles. The fourth-order valence-electron chi connectivity index (χ4n) is 3.20. The van der Waals surface area contributed by atoms with Crippen LogP contribution in [0, 0.1) is 5.92 Å². The molecule has 0 spiro atoms. The topological polar surface area (TPSA) is 46.3 Å². The van der Waals surface area contributed by atoms with Gasteiger partial charge in [-0.05, 0) is 18.0 Å². The number of amides is 1. The molecule has 3 nitrogen and oxygen atoms in total. The highest BCUT2D eigenvalue weighted by molar-refractivity contribution is 8.07. The van der Waals surface area contributed by atoms with Crippen molar-refractivity contribution in [1.82, 2.24) is 4.90 Å². The maximum Gasteiger partial charge on any atom is 0.236 e. The van der Waals surface area contributed by atoms with E-state index in [1.165, 1.54) is 11.3 Å². The van der Waals surface area contributed by atoms with E-state index < -0.39 is 0 Å². The largest absolute Gasteiger partial charge is 0.341 e. The zero-order valence-corrected chi connectivity index (χ0v) is 13.7. The lowest BCUT2D eigenvalue weighted by Gasteiger charge is -2.25. The molecule has 0 radical (unpaired) electrons. The molecule has 2 N–H and O–H groups in total. The van der Waals surface area contributed by atoms with E-state index in [-0.39, 0.29) is 5.25 Å². The van der Waals surface area contributed by atoms with Gasteiger partial charge in [0.25, 0.3) is 0 Å². The number of carbonyl (C=O) groups excluding carboxylic acids is 1. The molecule has 2 aliphatic heterocycles. The van der Waals surface area contributed by atoms with Crippen LogP contribution in [0.25, 0.3) is 0 Å². The van der Waals surface area contributed by atoms with Crippen LogP contribution in [0.15, 0.2) is 30.3 Å². The second-order valence-electron chi connectivity index (χ2n) is 5.69. The maximum absolute atomic E-state index is 12.7. The predicted octanol–water partition coefficient (Wildman–Crippen LogP) is 2.04. The SMILES string of the molecule is NC[C@@H]1CN(C(=O)C2CSCCS2)C[C@H]1c1ccccc1. The molecule has 1 amide bonds. The second-order valence-corrected chi connectivity index (χ2v) is 8.15. The highest BCUT2D eigenvalue weighted by atomic mass is 32.2. The van der Waals surface area contributed by atoms with E-state index in [0.29, 0.717) is 24.3 Å². The van der Waals surface area contributed by atoms with Crippen LogP contribution in [0.5, 0.6) is 0 Å². The van der Waals surface area contributed by atoms with Crippen LogP contribution in [-0.4, -0.2) is 52.9 Å². The Bertz CT molecular complexity index is 476. The standard InChI is InChI=1S/C16H22N2OS2/c17-8-13-9-18(16(19)15-11-20-6-7-21-15)10-14(13)12-4-2-1-3-5-12/h1-5,13-15H,6-11,17H2/t13-,14+,15?/m1/s1. The van der Waals surface area contributed by atoms with Crippen LogP contribution >= 0.6 is 23.5 Å². The molecule has 2 fully saturated rings. The van der Waals surface area contributed by atoms with Crippen molar-refractivity contribution in [2.24, 2.45) is 11.7 Å². The molecule has 0 bridgehead atoms. The monoisotopic (exact) mass is 322 g/mol. The number of hydrogen-bond acceptors (Lipinski definition) is 4. The first kappa shape index (κ1) is 15.3. The molecule has 2 saturated heterocycles. The van der Waals surface area contributed by atoms with Crippen molar-refractivity contribution in [2.45, 2.75) is 11.2 Å². The number of nitrogens with two attached hydrogens (primary N) is 1. The van der Waals surface area contributed by atoms with Crippen molar-refractivity contribution >= 4 is 29.4 Å². The molecule has 21 heavy (non-hydrogen) atoms. The minimum atomic E-state index is 0.150. The summed E-state index contributed by atoms with van der Waals surface area (Å²) >= 11 is 3.72. The van der Waals surface area contributed by atoms with Crippen LogP contribution in [0.4, 0.5) is 0 Å². The Hall–Kier alpha value is -0.650.